The van der Waals surface area contributed by atoms with E-state index in [1.54, 1.807) is 6.20 Å². The molecule has 0 aliphatic heterocycles. The van der Waals surface area contributed by atoms with E-state index in [2.05, 4.69) is 34.2 Å². The van der Waals surface area contributed by atoms with Gasteiger partial charge in [0.25, 0.3) is 5.09 Å². The molecule has 2 N–H and O–H groups in total. The Hall–Kier alpha value is -3.35. The fraction of sp³-hybridized carbons (Fsp3) is 0.167. The summed E-state index contributed by atoms with van der Waals surface area (Å²) in [5.74, 6) is 1.68. The van der Waals surface area contributed by atoms with Gasteiger partial charge in [-0.15, -0.1) is 10.1 Å². The first kappa shape index (κ1) is 18.0. The van der Waals surface area contributed by atoms with Crippen LogP contribution in [0.15, 0.2) is 66.9 Å². The van der Waals surface area contributed by atoms with E-state index < -0.39 is 5.09 Å². The number of aryl methyl sites for hydroxylation is 2. The second kappa shape index (κ2) is 9.71. The molecule has 0 bridgehead atoms. The smallest absolute Gasteiger partial charge is 0.291 e. The van der Waals surface area contributed by atoms with E-state index in [0.717, 1.165) is 30.1 Å². The van der Waals surface area contributed by atoms with Crippen LogP contribution in [0.5, 0.6) is 5.88 Å². The molecule has 0 amide bonds. The lowest BCUT2D eigenvalue weighted by molar-refractivity contribution is -0.742. The molecule has 0 aliphatic rings. The Morgan fingerprint density at radius 2 is 1.56 bits per heavy atom. The molecule has 0 fully saturated rings. The van der Waals surface area contributed by atoms with Gasteiger partial charge in [-0.05, 0) is 17.5 Å². The maximum Gasteiger partial charge on any atom is 0.291 e. The molecule has 0 radical (unpaired) electrons. The van der Waals surface area contributed by atoms with Crippen molar-refractivity contribution in [3.05, 3.63) is 93.9 Å². The molecule has 0 atom stereocenters. The summed E-state index contributed by atoms with van der Waals surface area (Å²) in [6.07, 6.45) is 3.62. The van der Waals surface area contributed by atoms with Crippen LogP contribution in [0, 0.1) is 10.1 Å². The van der Waals surface area contributed by atoms with Crippen molar-refractivity contribution in [2.75, 3.05) is 0 Å². The van der Waals surface area contributed by atoms with Crippen LogP contribution in [-0.4, -0.2) is 20.3 Å². The first-order valence-electron chi connectivity index (χ1n) is 7.71. The molecule has 130 valence electrons. The van der Waals surface area contributed by atoms with Crippen molar-refractivity contribution < 1.29 is 15.0 Å². The SMILES string of the molecule is O=[N+]([O-])O.c1ccc(CCc2ncc(OCc3ccccc3)[nH]2)cc1. The minimum atomic E-state index is -1.50. The van der Waals surface area contributed by atoms with Gasteiger partial charge in [0.1, 0.15) is 12.4 Å². The van der Waals surface area contributed by atoms with Gasteiger partial charge in [-0.3, -0.25) is 0 Å². The summed E-state index contributed by atoms with van der Waals surface area (Å²) in [6.45, 7) is 0.557. The number of nitrogens with zero attached hydrogens (tertiary/aromatic N) is 2. The zero-order valence-corrected chi connectivity index (χ0v) is 13.5. The fourth-order valence-electron chi connectivity index (χ4n) is 2.19. The number of nitrogens with one attached hydrogen (secondary N) is 1. The maximum absolute atomic E-state index is 8.36. The molecule has 25 heavy (non-hydrogen) atoms. The van der Waals surface area contributed by atoms with Gasteiger partial charge in [0.05, 0.1) is 6.20 Å². The molecule has 2 aromatic carbocycles. The van der Waals surface area contributed by atoms with Crippen molar-refractivity contribution in [2.24, 2.45) is 0 Å². The number of hydrogen-bond acceptors (Lipinski definition) is 4. The molecule has 3 rings (SSSR count). The van der Waals surface area contributed by atoms with E-state index in [1.807, 2.05) is 36.4 Å². The van der Waals surface area contributed by atoms with Crippen LogP contribution in [0.2, 0.25) is 0 Å². The van der Waals surface area contributed by atoms with Gasteiger partial charge < -0.3 is 14.9 Å². The van der Waals surface area contributed by atoms with E-state index in [1.165, 1.54) is 5.56 Å². The first-order valence-corrected chi connectivity index (χ1v) is 7.71. The minimum Gasteiger partial charge on any atom is -0.473 e. The lowest BCUT2D eigenvalue weighted by Crippen LogP contribution is -1.96. The summed E-state index contributed by atoms with van der Waals surface area (Å²) in [4.78, 5) is 15.9. The molecule has 0 saturated heterocycles. The zero-order chi connectivity index (χ0) is 17.9. The Morgan fingerprint density at radius 1 is 1.00 bits per heavy atom. The fourth-order valence-corrected chi connectivity index (χ4v) is 2.19. The number of aromatic nitrogens is 2. The summed E-state index contributed by atoms with van der Waals surface area (Å²) in [5.41, 5.74) is 2.47. The quantitative estimate of drug-likeness (QED) is 0.528. The molecule has 0 aliphatic carbocycles. The number of imidazole rings is 1. The van der Waals surface area contributed by atoms with Crippen molar-refractivity contribution in [1.82, 2.24) is 9.97 Å². The van der Waals surface area contributed by atoms with Gasteiger partial charge in [-0.25, -0.2) is 4.98 Å². The highest BCUT2D eigenvalue weighted by Crippen LogP contribution is 2.11. The van der Waals surface area contributed by atoms with Crippen LogP contribution >= 0.6 is 0 Å². The highest BCUT2D eigenvalue weighted by Gasteiger charge is 2.02. The second-order valence-electron chi connectivity index (χ2n) is 5.19. The van der Waals surface area contributed by atoms with Crippen molar-refractivity contribution in [2.45, 2.75) is 19.4 Å². The van der Waals surface area contributed by atoms with Crippen molar-refractivity contribution in [3.63, 3.8) is 0 Å². The van der Waals surface area contributed by atoms with Crippen molar-refractivity contribution in [1.29, 1.82) is 0 Å². The second-order valence-corrected chi connectivity index (χ2v) is 5.19. The molecular weight excluding hydrogens is 322 g/mol. The minimum absolute atomic E-state index is 0.557. The Kier molecular flexibility index (Phi) is 6.99. The largest absolute Gasteiger partial charge is 0.473 e. The number of H-pyrrole nitrogens is 1. The van der Waals surface area contributed by atoms with E-state index in [-0.39, 0.29) is 0 Å². The average Bonchev–Trinajstić information content (AvgIpc) is 3.07. The summed E-state index contributed by atoms with van der Waals surface area (Å²) in [6, 6.07) is 20.5. The number of aromatic amines is 1. The lowest BCUT2D eigenvalue weighted by Gasteiger charge is -2.03. The van der Waals surface area contributed by atoms with Crippen LogP contribution in [0.3, 0.4) is 0 Å². The highest BCUT2D eigenvalue weighted by molar-refractivity contribution is 5.17. The van der Waals surface area contributed by atoms with Gasteiger partial charge in [-0.2, -0.15) is 0 Å². The molecule has 7 nitrogen and oxygen atoms in total. The molecule has 0 unspecified atom stereocenters. The van der Waals surface area contributed by atoms with Gasteiger partial charge in [-0.1, -0.05) is 60.7 Å². The number of ether oxygens (including phenoxy) is 1. The molecular formula is C18H19N3O4. The van der Waals surface area contributed by atoms with Gasteiger partial charge in [0.15, 0.2) is 0 Å². The van der Waals surface area contributed by atoms with E-state index in [0.29, 0.717) is 6.61 Å². The van der Waals surface area contributed by atoms with Gasteiger partial charge >= 0.3 is 0 Å². The number of benzene rings is 2. The van der Waals surface area contributed by atoms with E-state index in [4.69, 9.17) is 20.1 Å². The van der Waals surface area contributed by atoms with E-state index in [9.17, 15) is 0 Å². The van der Waals surface area contributed by atoms with Crippen LogP contribution in [0.4, 0.5) is 0 Å². The number of hydrogen-bond donors (Lipinski definition) is 2. The average molecular weight is 341 g/mol. The maximum atomic E-state index is 8.36. The topological polar surface area (TPSA) is 101 Å². The van der Waals surface area contributed by atoms with E-state index >= 15 is 0 Å². The summed E-state index contributed by atoms with van der Waals surface area (Å²) < 4.78 is 5.71. The van der Waals surface area contributed by atoms with Crippen LogP contribution in [-0.2, 0) is 19.4 Å². The molecule has 3 aromatic rings. The number of rotatable bonds is 6. The summed E-state index contributed by atoms with van der Waals surface area (Å²) in [7, 11) is 0. The van der Waals surface area contributed by atoms with Crippen LogP contribution < -0.4 is 4.74 Å². The Labute approximate surface area is 145 Å². The molecule has 0 spiro atoms. The monoisotopic (exact) mass is 341 g/mol. The Balaban J connectivity index is 0.000000511. The summed E-state index contributed by atoms with van der Waals surface area (Å²) >= 11 is 0. The normalized spacial score (nSPS) is 9.76. The Morgan fingerprint density at radius 3 is 2.16 bits per heavy atom. The standard InChI is InChI=1S/C18H18N2O.HNO3/c1-3-7-15(8-4-1)11-12-17-19-13-18(20-17)21-14-16-9-5-2-6-10-16;2-1(3)4/h1-10,13H,11-12,14H2,(H,19,20);(H,2,3,4). The van der Waals surface area contributed by atoms with Crippen LogP contribution in [0.1, 0.15) is 17.0 Å². The third-order valence-corrected chi connectivity index (χ3v) is 3.34. The highest BCUT2D eigenvalue weighted by atomic mass is 16.9. The third kappa shape index (κ3) is 7.17. The molecule has 1 heterocycles. The third-order valence-electron chi connectivity index (χ3n) is 3.34. The molecule has 0 saturated carbocycles. The predicted octanol–water partition coefficient (Wildman–Crippen LogP) is 3.43. The van der Waals surface area contributed by atoms with Gasteiger partial charge in [0.2, 0.25) is 5.88 Å². The first-order chi connectivity index (χ1) is 12.1. The zero-order valence-electron chi connectivity index (χ0n) is 13.5. The Bertz CT molecular complexity index is 698. The summed E-state index contributed by atoms with van der Waals surface area (Å²) in [5, 5.41) is 13.6. The van der Waals surface area contributed by atoms with Crippen LogP contribution in [0.25, 0.3) is 0 Å². The van der Waals surface area contributed by atoms with Crippen molar-refractivity contribution in [3.8, 4) is 5.88 Å². The molecule has 1 aromatic heterocycles. The lowest BCUT2D eigenvalue weighted by atomic mass is 10.1. The van der Waals surface area contributed by atoms with Gasteiger partial charge in [0, 0.05) is 6.42 Å². The predicted molar refractivity (Wildman–Crippen MR) is 92.0 cm³/mol. The molecule has 7 heteroatoms. The van der Waals surface area contributed by atoms with Crippen molar-refractivity contribution >= 4 is 0 Å².